The van der Waals surface area contributed by atoms with Gasteiger partial charge in [-0.2, -0.15) is 0 Å². The van der Waals surface area contributed by atoms with Crippen molar-refractivity contribution < 1.29 is 39.6 Å². The summed E-state index contributed by atoms with van der Waals surface area (Å²) in [5.41, 5.74) is 1.11. The van der Waals surface area contributed by atoms with Crippen molar-refractivity contribution in [3.05, 3.63) is 24.3 Å². The maximum absolute atomic E-state index is 9.10. The first-order chi connectivity index (χ1) is 16.2. The SMILES string of the molecule is O=C(O)C(=O)O.O=C(O)C(=O)O.c1ccc2sc(NCCCCCCN3CCCCC3)nc2c1. The van der Waals surface area contributed by atoms with Gasteiger partial charge in [-0.1, -0.05) is 42.7 Å². The second kappa shape index (κ2) is 16.4. The van der Waals surface area contributed by atoms with Gasteiger partial charge >= 0.3 is 23.9 Å². The molecule has 188 valence electrons. The van der Waals surface area contributed by atoms with Crippen molar-refractivity contribution in [3.63, 3.8) is 0 Å². The number of hydrogen-bond donors (Lipinski definition) is 5. The summed E-state index contributed by atoms with van der Waals surface area (Å²) in [6.45, 7) is 5.02. The van der Waals surface area contributed by atoms with Crippen LogP contribution in [-0.4, -0.2) is 80.4 Å². The second-order valence-electron chi connectivity index (χ2n) is 7.45. The smallest absolute Gasteiger partial charge is 0.414 e. The summed E-state index contributed by atoms with van der Waals surface area (Å²) in [5.74, 6) is -7.30. The molecule has 1 saturated heterocycles. The molecule has 2 heterocycles. The van der Waals surface area contributed by atoms with Crippen LogP contribution in [0.5, 0.6) is 0 Å². The second-order valence-corrected chi connectivity index (χ2v) is 8.48. The normalized spacial score (nSPS) is 13.1. The number of thiazole rings is 1. The van der Waals surface area contributed by atoms with Crippen molar-refractivity contribution in [2.24, 2.45) is 0 Å². The Labute approximate surface area is 201 Å². The molecule has 3 rings (SSSR count). The highest BCUT2D eigenvalue weighted by Gasteiger charge is 2.09. The summed E-state index contributed by atoms with van der Waals surface area (Å²) >= 11 is 1.76. The Bertz CT molecular complexity index is 847. The van der Waals surface area contributed by atoms with Gasteiger partial charge in [0, 0.05) is 6.54 Å². The molecule has 1 fully saturated rings. The highest BCUT2D eigenvalue weighted by molar-refractivity contribution is 7.22. The lowest BCUT2D eigenvalue weighted by Crippen LogP contribution is -2.30. The average molecular weight is 498 g/mol. The molecule has 0 amide bonds. The minimum Gasteiger partial charge on any atom is -0.473 e. The fraction of sp³-hybridized carbons (Fsp3) is 0.500. The van der Waals surface area contributed by atoms with Crippen LogP contribution < -0.4 is 5.32 Å². The van der Waals surface area contributed by atoms with E-state index in [1.165, 1.54) is 69.3 Å². The van der Waals surface area contributed by atoms with Crippen LogP contribution in [0, 0.1) is 0 Å². The van der Waals surface area contributed by atoms with E-state index >= 15 is 0 Å². The summed E-state index contributed by atoms with van der Waals surface area (Å²) in [4.78, 5) is 43.6. The van der Waals surface area contributed by atoms with Crippen molar-refractivity contribution in [1.29, 1.82) is 0 Å². The highest BCUT2D eigenvalue weighted by atomic mass is 32.1. The third-order valence-corrected chi connectivity index (χ3v) is 5.78. The van der Waals surface area contributed by atoms with Gasteiger partial charge in [0.15, 0.2) is 5.13 Å². The number of piperidine rings is 1. The van der Waals surface area contributed by atoms with Crippen LogP contribution in [-0.2, 0) is 19.2 Å². The van der Waals surface area contributed by atoms with Gasteiger partial charge in [0.05, 0.1) is 10.2 Å². The van der Waals surface area contributed by atoms with Crippen molar-refractivity contribution in [3.8, 4) is 0 Å². The lowest BCUT2D eigenvalue weighted by molar-refractivity contribution is -0.159. The van der Waals surface area contributed by atoms with Gasteiger partial charge in [-0.3, -0.25) is 0 Å². The Hall–Kier alpha value is -3.25. The number of unbranched alkanes of at least 4 members (excludes halogenated alkanes) is 3. The first kappa shape index (κ1) is 28.8. The van der Waals surface area contributed by atoms with Gasteiger partial charge in [-0.15, -0.1) is 0 Å². The van der Waals surface area contributed by atoms with Crippen molar-refractivity contribution in [2.75, 3.05) is 31.5 Å². The summed E-state index contributed by atoms with van der Waals surface area (Å²) in [5, 5.41) is 34.1. The standard InChI is InChI=1S/C18H27N3S.2C2H2O4/c1(2-7-13-21-14-8-3-9-15-21)6-12-19-18-20-16-10-4-5-11-17(16)22-18;2*3-1(4)2(5)6/h4-5,10-11H,1-3,6-9,12-15H2,(H,19,20);2*(H,3,4)(H,5,6). The van der Waals surface area contributed by atoms with Gasteiger partial charge in [-0.05, 0) is 57.5 Å². The predicted molar refractivity (Wildman–Crippen MR) is 127 cm³/mol. The molecule has 0 radical (unpaired) electrons. The number of anilines is 1. The molecule has 0 bridgehead atoms. The number of carboxylic acids is 4. The number of hydrogen-bond acceptors (Lipinski definition) is 8. The Morgan fingerprint density at radius 1 is 0.824 bits per heavy atom. The molecule has 0 spiro atoms. The van der Waals surface area contributed by atoms with E-state index in [1.807, 2.05) is 6.07 Å². The van der Waals surface area contributed by atoms with E-state index in [0.717, 1.165) is 17.2 Å². The van der Waals surface area contributed by atoms with Crippen LogP contribution in [0.1, 0.15) is 44.9 Å². The number of rotatable bonds is 8. The van der Waals surface area contributed by atoms with E-state index in [0.29, 0.717) is 0 Å². The summed E-state index contributed by atoms with van der Waals surface area (Å²) in [7, 11) is 0. The number of nitrogens with zero attached hydrogens (tertiary/aromatic N) is 2. The fourth-order valence-corrected chi connectivity index (χ4v) is 4.03. The highest BCUT2D eigenvalue weighted by Crippen LogP contribution is 2.25. The number of carboxylic acid groups (broad SMARTS) is 4. The quantitative estimate of drug-likeness (QED) is 0.267. The number of aromatic nitrogens is 1. The minimum atomic E-state index is -1.82. The maximum Gasteiger partial charge on any atom is 0.414 e. The molecule has 1 aromatic heterocycles. The molecule has 0 saturated carbocycles. The monoisotopic (exact) mass is 497 g/mol. The molecule has 0 aliphatic carbocycles. The number of carbonyl (C=O) groups is 4. The van der Waals surface area contributed by atoms with Crippen LogP contribution in [0.15, 0.2) is 24.3 Å². The Balaban J connectivity index is 0.000000401. The molecule has 0 atom stereocenters. The molecule has 1 aliphatic heterocycles. The van der Waals surface area contributed by atoms with Crippen LogP contribution in [0.25, 0.3) is 10.2 Å². The van der Waals surface area contributed by atoms with Crippen LogP contribution in [0.2, 0.25) is 0 Å². The zero-order valence-corrected chi connectivity index (χ0v) is 19.6. The van der Waals surface area contributed by atoms with E-state index in [4.69, 9.17) is 39.6 Å². The topological polar surface area (TPSA) is 177 Å². The maximum atomic E-state index is 9.10. The minimum absolute atomic E-state index is 1.05. The van der Waals surface area contributed by atoms with Crippen LogP contribution in [0.4, 0.5) is 5.13 Å². The van der Waals surface area contributed by atoms with Crippen molar-refractivity contribution in [1.82, 2.24) is 9.88 Å². The van der Waals surface area contributed by atoms with Gasteiger partial charge < -0.3 is 30.6 Å². The molecule has 1 aliphatic rings. The Kier molecular flexibility index (Phi) is 13.9. The molecule has 0 unspecified atom stereocenters. The van der Waals surface area contributed by atoms with Gasteiger partial charge in [0.1, 0.15) is 0 Å². The number of fused-ring (bicyclic) bond motifs is 1. The number of aliphatic carboxylic acids is 4. The third-order valence-electron chi connectivity index (χ3n) is 4.79. The zero-order valence-electron chi connectivity index (χ0n) is 18.8. The number of para-hydroxylation sites is 1. The van der Waals surface area contributed by atoms with Gasteiger partial charge in [-0.25, -0.2) is 24.2 Å². The van der Waals surface area contributed by atoms with E-state index in [1.54, 1.807) is 11.3 Å². The number of nitrogens with one attached hydrogen (secondary N) is 1. The average Bonchev–Trinajstić information content (AvgIpc) is 3.22. The van der Waals surface area contributed by atoms with E-state index < -0.39 is 23.9 Å². The predicted octanol–water partition coefficient (Wildman–Crippen LogP) is 3.07. The molecule has 5 N–H and O–H groups in total. The van der Waals surface area contributed by atoms with Crippen LogP contribution >= 0.6 is 11.3 Å². The first-order valence-corrected chi connectivity index (χ1v) is 11.8. The summed E-state index contributed by atoms with van der Waals surface area (Å²) in [6, 6.07) is 8.34. The molecule has 11 nitrogen and oxygen atoms in total. The molecular weight excluding hydrogens is 466 g/mol. The molecule has 2 aromatic rings. The van der Waals surface area contributed by atoms with E-state index in [9.17, 15) is 0 Å². The summed E-state index contributed by atoms with van der Waals surface area (Å²) in [6.07, 6.45) is 9.55. The van der Waals surface area contributed by atoms with Crippen LogP contribution in [0.3, 0.4) is 0 Å². The lowest BCUT2D eigenvalue weighted by Gasteiger charge is -2.26. The lowest BCUT2D eigenvalue weighted by atomic mass is 10.1. The largest absolute Gasteiger partial charge is 0.473 e. The molecule has 1 aromatic carbocycles. The third kappa shape index (κ3) is 12.7. The summed E-state index contributed by atoms with van der Waals surface area (Å²) < 4.78 is 1.27. The van der Waals surface area contributed by atoms with E-state index in [2.05, 4.69) is 33.4 Å². The van der Waals surface area contributed by atoms with Crippen molar-refractivity contribution in [2.45, 2.75) is 44.9 Å². The molecule has 12 heteroatoms. The zero-order chi connectivity index (χ0) is 25.3. The Morgan fingerprint density at radius 2 is 1.38 bits per heavy atom. The van der Waals surface area contributed by atoms with E-state index in [-0.39, 0.29) is 0 Å². The number of benzene rings is 1. The molecular formula is C22H31N3O8S. The van der Waals surface area contributed by atoms with Crippen molar-refractivity contribution >= 4 is 50.6 Å². The first-order valence-electron chi connectivity index (χ1n) is 10.9. The fourth-order valence-electron chi connectivity index (χ4n) is 3.14. The Morgan fingerprint density at radius 3 is 1.94 bits per heavy atom. The van der Waals surface area contributed by atoms with Gasteiger partial charge in [0.25, 0.3) is 0 Å². The van der Waals surface area contributed by atoms with Gasteiger partial charge in [0.2, 0.25) is 0 Å². The number of likely N-dealkylation sites (tertiary alicyclic amines) is 1. The molecule has 34 heavy (non-hydrogen) atoms.